The van der Waals surface area contributed by atoms with Crippen LogP contribution in [-0.4, -0.2) is 24.4 Å². The van der Waals surface area contributed by atoms with Crippen molar-refractivity contribution in [1.82, 2.24) is 5.01 Å². The summed E-state index contributed by atoms with van der Waals surface area (Å²) in [5.41, 5.74) is 4.36. The summed E-state index contributed by atoms with van der Waals surface area (Å²) in [4.78, 5) is 0. The first-order valence-corrected chi connectivity index (χ1v) is 12.3. The summed E-state index contributed by atoms with van der Waals surface area (Å²) in [5, 5.41) is 7.15. The Hall–Kier alpha value is -3.47. The van der Waals surface area contributed by atoms with Crippen molar-refractivity contribution in [2.45, 2.75) is 51.3 Å². The number of ether oxygens (including phenoxy) is 3. The molecule has 3 aromatic rings. The van der Waals surface area contributed by atoms with Crippen LogP contribution in [0.25, 0.3) is 0 Å². The fraction of sp³-hybridized carbons (Fsp3) is 0.345. The molecule has 5 nitrogen and oxygen atoms in total. The standard InChI is InChI=1S/C29H32N2O3/c1-3-4-5-9-19-33-23-17-15-22(16-18-23)29-31-26(20-25(30-31)21-11-7-6-8-12-21)24-13-10-14-27(32-2)28(24)34-29/h6-8,10-18,26,29H,3-5,9,19-20H2,1-2H3/t26-,29+/m0/s1. The van der Waals surface area contributed by atoms with Crippen LogP contribution in [0.5, 0.6) is 17.2 Å². The number of hydrogen-bond donors (Lipinski definition) is 0. The van der Waals surface area contributed by atoms with Gasteiger partial charge in [0.2, 0.25) is 6.23 Å². The molecule has 3 aromatic carbocycles. The van der Waals surface area contributed by atoms with Gasteiger partial charge in [-0.15, -0.1) is 0 Å². The summed E-state index contributed by atoms with van der Waals surface area (Å²) >= 11 is 0. The fourth-order valence-corrected chi connectivity index (χ4v) is 4.72. The Morgan fingerprint density at radius 3 is 2.53 bits per heavy atom. The van der Waals surface area contributed by atoms with E-state index in [1.54, 1.807) is 7.11 Å². The minimum atomic E-state index is -0.339. The number of nitrogens with zero attached hydrogens (tertiary/aromatic N) is 2. The van der Waals surface area contributed by atoms with Gasteiger partial charge in [-0.1, -0.05) is 68.7 Å². The van der Waals surface area contributed by atoms with Crippen LogP contribution in [0.2, 0.25) is 0 Å². The fourth-order valence-electron chi connectivity index (χ4n) is 4.72. The number of benzene rings is 3. The largest absolute Gasteiger partial charge is 0.494 e. The van der Waals surface area contributed by atoms with Crippen LogP contribution >= 0.6 is 0 Å². The van der Waals surface area contributed by atoms with E-state index in [1.807, 2.05) is 30.3 Å². The van der Waals surface area contributed by atoms with E-state index >= 15 is 0 Å². The smallest absolute Gasteiger partial charge is 0.214 e. The van der Waals surface area contributed by atoms with Crippen LogP contribution in [0.4, 0.5) is 0 Å². The third-order valence-electron chi connectivity index (χ3n) is 6.54. The van der Waals surface area contributed by atoms with Gasteiger partial charge in [0.15, 0.2) is 11.5 Å². The van der Waals surface area contributed by atoms with Gasteiger partial charge in [-0.05, 0) is 42.3 Å². The van der Waals surface area contributed by atoms with Crippen LogP contribution in [0, 0.1) is 0 Å². The Labute approximate surface area is 202 Å². The third kappa shape index (κ3) is 4.47. The second-order valence-corrected chi connectivity index (χ2v) is 8.84. The maximum absolute atomic E-state index is 6.56. The van der Waals surface area contributed by atoms with Crippen molar-refractivity contribution in [3.05, 3.63) is 89.5 Å². The molecule has 176 valence electrons. The zero-order valence-electron chi connectivity index (χ0n) is 19.9. The van der Waals surface area contributed by atoms with Gasteiger partial charge in [-0.3, -0.25) is 0 Å². The summed E-state index contributed by atoms with van der Waals surface area (Å²) in [6.45, 7) is 2.97. The first-order chi connectivity index (χ1) is 16.8. The van der Waals surface area contributed by atoms with E-state index < -0.39 is 0 Å². The van der Waals surface area contributed by atoms with Crippen molar-refractivity contribution >= 4 is 5.71 Å². The highest BCUT2D eigenvalue weighted by Gasteiger charge is 2.42. The van der Waals surface area contributed by atoms with E-state index in [9.17, 15) is 0 Å². The molecule has 0 aromatic heterocycles. The molecule has 0 radical (unpaired) electrons. The van der Waals surface area contributed by atoms with E-state index in [0.717, 1.165) is 59.1 Å². The molecule has 0 saturated heterocycles. The molecule has 0 spiro atoms. The Morgan fingerprint density at radius 2 is 1.76 bits per heavy atom. The number of hydrogen-bond acceptors (Lipinski definition) is 5. The molecule has 5 rings (SSSR count). The zero-order chi connectivity index (χ0) is 23.3. The summed E-state index contributed by atoms with van der Waals surface area (Å²) in [6.07, 6.45) is 5.27. The second-order valence-electron chi connectivity index (χ2n) is 8.84. The number of hydrazone groups is 1. The third-order valence-corrected chi connectivity index (χ3v) is 6.54. The minimum absolute atomic E-state index is 0.0912. The lowest BCUT2D eigenvalue weighted by Gasteiger charge is -2.38. The Balaban J connectivity index is 1.42. The number of para-hydroxylation sites is 1. The predicted octanol–water partition coefficient (Wildman–Crippen LogP) is 6.90. The van der Waals surface area contributed by atoms with Crippen molar-refractivity contribution < 1.29 is 14.2 Å². The van der Waals surface area contributed by atoms with Crippen molar-refractivity contribution in [3.8, 4) is 17.2 Å². The van der Waals surface area contributed by atoms with Gasteiger partial charge in [0, 0.05) is 17.5 Å². The van der Waals surface area contributed by atoms with Gasteiger partial charge in [0.1, 0.15) is 5.75 Å². The van der Waals surface area contributed by atoms with Crippen LogP contribution in [0.15, 0.2) is 77.9 Å². The minimum Gasteiger partial charge on any atom is -0.494 e. The molecule has 0 amide bonds. The van der Waals surface area contributed by atoms with Gasteiger partial charge in [0.25, 0.3) is 0 Å². The average Bonchev–Trinajstić information content (AvgIpc) is 3.35. The van der Waals surface area contributed by atoms with Gasteiger partial charge in [0.05, 0.1) is 25.5 Å². The Morgan fingerprint density at radius 1 is 0.941 bits per heavy atom. The molecule has 0 fully saturated rings. The molecule has 2 heterocycles. The van der Waals surface area contributed by atoms with Crippen molar-refractivity contribution in [1.29, 1.82) is 0 Å². The lowest BCUT2D eigenvalue weighted by Crippen LogP contribution is -2.33. The monoisotopic (exact) mass is 456 g/mol. The Kier molecular flexibility index (Phi) is 6.70. The van der Waals surface area contributed by atoms with Crippen molar-refractivity contribution in [2.24, 2.45) is 5.10 Å². The number of fused-ring (bicyclic) bond motifs is 3. The maximum Gasteiger partial charge on any atom is 0.214 e. The molecule has 0 saturated carbocycles. The first-order valence-electron chi connectivity index (χ1n) is 12.3. The molecule has 0 aliphatic carbocycles. The molecular weight excluding hydrogens is 424 g/mol. The number of unbranched alkanes of at least 4 members (excludes halogenated alkanes) is 3. The number of methoxy groups -OCH3 is 1. The molecule has 2 aliphatic rings. The highest BCUT2D eigenvalue weighted by Crippen LogP contribution is 2.50. The second kappa shape index (κ2) is 10.2. The molecule has 0 bridgehead atoms. The lowest BCUT2D eigenvalue weighted by molar-refractivity contribution is -0.0209. The van der Waals surface area contributed by atoms with Crippen molar-refractivity contribution in [3.63, 3.8) is 0 Å². The lowest BCUT2D eigenvalue weighted by atomic mass is 9.95. The van der Waals surface area contributed by atoms with Crippen molar-refractivity contribution in [2.75, 3.05) is 13.7 Å². The summed E-state index contributed by atoms with van der Waals surface area (Å²) in [5.74, 6) is 2.44. The molecule has 2 atom stereocenters. The molecule has 5 heteroatoms. The number of rotatable bonds is 9. The SMILES string of the molecule is CCCCCCOc1ccc([C@H]2Oc3c(OC)cccc3[C@@H]3CC(c4ccccc4)=NN23)cc1. The first kappa shape index (κ1) is 22.3. The zero-order valence-corrected chi connectivity index (χ0v) is 19.9. The summed E-state index contributed by atoms with van der Waals surface area (Å²) < 4.78 is 18.2. The van der Waals surface area contributed by atoms with E-state index in [-0.39, 0.29) is 12.3 Å². The van der Waals surface area contributed by atoms with Crippen LogP contribution < -0.4 is 14.2 Å². The molecular formula is C29H32N2O3. The predicted molar refractivity (Wildman–Crippen MR) is 135 cm³/mol. The Bertz CT molecular complexity index is 1130. The van der Waals surface area contributed by atoms with E-state index in [0.29, 0.717) is 0 Å². The van der Waals surface area contributed by atoms with Crippen LogP contribution in [0.1, 0.15) is 68.0 Å². The topological polar surface area (TPSA) is 43.3 Å². The van der Waals surface area contributed by atoms with E-state index in [2.05, 4.69) is 54.4 Å². The molecule has 2 aliphatic heterocycles. The average molecular weight is 457 g/mol. The maximum atomic E-state index is 6.56. The van der Waals surface area contributed by atoms with Gasteiger partial charge in [-0.2, -0.15) is 5.10 Å². The van der Waals surface area contributed by atoms with E-state index in [4.69, 9.17) is 19.3 Å². The summed E-state index contributed by atoms with van der Waals surface area (Å²) in [7, 11) is 1.69. The highest BCUT2D eigenvalue weighted by molar-refractivity contribution is 6.01. The van der Waals surface area contributed by atoms with Gasteiger partial charge in [-0.25, -0.2) is 5.01 Å². The summed E-state index contributed by atoms with van der Waals surface area (Å²) in [6, 6.07) is 24.8. The van der Waals surface area contributed by atoms with Crippen LogP contribution in [-0.2, 0) is 0 Å². The molecule has 0 unspecified atom stereocenters. The quantitative estimate of drug-likeness (QED) is 0.329. The normalized spacial score (nSPS) is 18.5. The van der Waals surface area contributed by atoms with Gasteiger partial charge < -0.3 is 14.2 Å². The highest BCUT2D eigenvalue weighted by atomic mass is 16.5. The van der Waals surface area contributed by atoms with E-state index in [1.165, 1.54) is 19.3 Å². The molecule has 34 heavy (non-hydrogen) atoms. The molecule has 0 N–H and O–H groups in total. The van der Waals surface area contributed by atoms with Crippen LogP contribution in [0.3, 0.4) is 0 Å². The van der Waals surface area contributed by atoms with Gasteiger partial charge >= 0.3 is 0 Å².